The third kappa shape index (κ3) is 5.29. The van der Waals surface area contributed by atoms with Crippen LogP contribution in [0.4, 0.5) is 0 Å². The molecule has 0 saturated carbocycles. The summed E-state index contributed by atoms with van der Waals surface area (Å²) in [6, 6.07) is -0.489. The molecule has 0 aliphatic carbocycles. The zero-order valence-electron chi connectivity index (χ0n) is 16.5. The molecule has 148 valence electrons. The van der Waals surface area contributed by atoms with Gasteiger partial charge in [0.05, 0.1) is 26.0 Å². The van der Waals surface area contributed by atoms with Gasteiger partial charge < -0.3 is 19.5 Å². The average molecular weight is 375 g/mol. The zero-order valence-corrected chi connectivity index (χ0v) is 16.5. The predicted molar refractivity (Wildman–Crippen MR) is 106 cm³/mol. The number of nitrogens with one attached hydrogen (secondary N) is 1. The molecule has 2 aliphatic rings. The van der Waals surface area contributed by atoms with Crippen LogP contribution in [0.15, 0.2) is 46.2 Å². The van der Waals surface area contributed by atoms with Gasteiger partial charge in [-0.3, -0.25) is 9.79 Å². The molecule has 0 aromatic rings. The fraction of sp³-hybridized carbons (Fsp3) is 0.550. The first-order valence-corrected chi connectivity index (χ1v) is 9.19. The van der Waals surface area contributed by atoms with E-state index in [1.165, 1.54) is 7.11 Å². The average Bonchev–Trinajstić information content (AvgIpc) is 3.14. The van der Waals surface area contributed by atoms with E-state index in [9.17, 15) is 4.79 Å². The molecule has 7 heteroatoms. The van der Waals surface area contributed by atoms with Gasteiger partial charge >= 0.3 is 5.97 Å². The Hall–Kier alpha value is -2.41. The summed E-state index contributed by atoms with van der Waals surface area (Å²) in [5.74, 6) is 0.868. The van der Waals surface area contributed by atoms with Gasteiger partial charge in [0.15, 0.2) is 0 Å². The molecular weight excluding hydrogens is 346 g/mol. The minimum atomic E-state index is -0.357. The van der Waals surface area contributed by atoms with Crippen LogP contribution in [0.5, 0.6) is 0 Å². The van der Waals surface area contributed by atoms with Gasteiger partial charge in [0, 0.05) is 13.0 Å². The third-order valence-electron chi connectivity index (χ3n) is 4.44. The van der Waals surface area contributed by atoms with E-state index >= 15 is 0 Å². The maximum Gasteiger partial charge on any atom is 0.323 e. The second-order valence-corrected chi connectivity index (χ2v) is 6.41. The van der Waals surface area contributed by atoms with Crippen LogP contribution in [0.25, 0.3) is 0 Å². The highest BCUT2D eigenvalue weighted by Crippen LogP contribution is 2.23. The smallest absolute Gasteiger partial charge is 0.323 e. The maximum atomic E-state index is 11.7. The quantitative estimate of drug-likeness (QED) is 0.420. The lowest BCUT2D eigenvalue weighted by atomic mass is 10.1. The van der Waals surface area contributed by atoms with E-state index in [0.717, 1.165) is 17.8 Å². The van der Waals surface area contributed by atoms with Crippen molar-refractivity contribution < 1.29 is 19.0 Å². The molecule has 2 rings (SSSR count). The minimum absolute atomic E-state index is 0.132. The van der Waals surface area contributed by atoms with Crippen LogP contribution in [0.1, 0.15) is 33.1 Å². The normalized spacial score (nSPS) is 27.0. The molecule has 0 spiro atoms. The number of aliphatic imine (C=N–C) groups is 2. The Balaban J connectivity index is 2.25. The first-order chi connectivity index (χ1) is 13.0. The fourth-order valence-electron chi connectivity index (χ4n) is 3.07. The summed E-state index contributed by atoms with van der Waals surface area (Å²) >= 11 is 0. The number of hydrogen-bond acceptors (Lipinski definition) is 7. The molecule has 3 unspecified atom stereocenters. The standard InChI is InChI=1S/C20H29N3O4/c1-6-8-10-15-19(27-14-11-16(21-12-14)20(24)26-5)23-18(13(3)22-15)17(25-4)9-7-2/h6-7,9,13-14,16,21H,1,8,10-12H2,2-5H3. The maximum absolute atomic E-state index is 11.7. The molecule has 7 nitrogen and oxygen atoms in total. The number of hydrogen-bond donors (Lipinski definition) is 1. The van der Waals surface area contributed by atoms with E-state index in [-0.39, 0.29) is 24.2 Å². The molecule has 0 aromatic heterocycles. The second-order valence-electron chi connectivity index (χ2n) is 6.41. The first-order valence-electron chi connectivity index (χ1n) is 9.19. The SMILES string of the molecule is C=CCCC1=NC(C)C(=C(C=CC)OC)N=C1OC1CNC(C(=O)OC)C1. The zero-order chi connectivity index (χ0) is 19.8. The van der Waals surface area contributed by atoms with E-state index in [2.05, 4.69) is 11.9 Å². The highest BCUT2D eigenvalue weighted by atomic mass is 16.5. The Morgan fingerprint density at radius 2 is 2.15 bits per heavy atom. The molecule has 2 heterocycles. The Morgan fingerprint density at radius 3 is 2.78 bits per heavy atom. The van der Waals surface area contributed by atoms with Crippen molar-refractivity contribution in [2.45, 2.75) is 51.3 Å². The number of nitrogens with zero attached hydrogens (tertiary/aromatic N) is 2. The lowest BCUT2D eigenvalue weighted by molar-refractivity contribution is -0.142. The summed E-state index contributed by atoms with van der Waals surface area (Å²) in [6.45, 7) is 8.23. The van der Waals surface area contributed by atoms with Crippen LogP contribution in [0.2, 0.25) is 0 Å². The molecule has 1 fully saturated rings. The van der Waals surface area contributed by atoms with Crippen LogP contribution in [0, 0.1) is 0 Å². The van der Waals surface area contributed by atoms with Crippen LogP contribution in [-0.2, 0) is 19.0 Å². The Labute approximate surface area is 160 Å². The molecule has 1 saturated heterocycles. The largest absolute Gasteiger partial charge is 0.495 e. The van der Waals surface area contributed by atoms with Gasteiger partial charge in [-0.1, -0.05) is 12.2 Å². The summed E-state index contributed by atoms with van der Waals surface area (Å²) in [6.07, 6.45) is 7.44. The van der Waals surface area contributed by atoms with Crippen molar-refractivity contribution in [3.05, 3.63) is 36.3 Å². The predicted octanol–water partition coefficient (Wildman–Crippen LogP) is 2.55. The van der Waals surface area contributed by atoms with E-state index < -0.39 is 0 Å². The number of rotatable bonds is 7. The van der Waals surface area contributed by atoms with Gasteiger partial charge in [0.25, 0.3) is 0 Å². The van der Waals surface area contributed by atoms with Crippen molar-refractivity contribution in [3.63, 3.8) is 0 Å². The molecule has 0 bridgehead atoms. The van der Waals surface area contributed by atoms with Gasteiger partial charge in [-0.05, 0) is 32.8 Å². The van der Waals surface area contributed by atoms with Crippen molar-refractivity contribution in [2.75, 3.05) is 20.8 Å². The Bertz CT molecular complexity index is 679. The number of carbonyl (C=O) groups is 1. The second kappa shape index (κ2) is 10.1. The van der Waals surface area contributed by atoms with Gasteiger partial charge in [0.1, 0.15) is 23.6 Å². The van der Waals surface area contributed by atoms with Crippen molar-refractivity contribution in [1.29, 1.82) is 0 Å². The van der Waals surface area contributed by atoms with Crippen molar-refractivity contribution in [3.8, 4) is 0 Å². The highest BCUT2D eigenvalue weighted by molar-refractivity contribution is 6.39. The fourth-order valence-corrected chi connectivity index (χ4v) is 3.07. The number of ether oxygens (including phenoxy) is 3. The number of allylic oxidation sites excluding steroid dienone is 3. The van der Waals surface area contributed by atoms with Crippen LogP contribution < -0.4 is 5.32 Å². The lowest BCUT2D eigenvalue weighted by Gasteiger charge is -2.23. The number of carbonyl (C=O) groups excluding carboxylic acids is 1. The van der Waals surface area contributed by atoms with Crippen LogP contribution in [0.3, 0.4) is 0 Å². The monoisotopic (exact) mass is 375 g/mol. The van der Waals surface area contributed by atoms with E-state index in [1.54, 1.807) is 7.11 Å². The topological polar surface area (TPSA) is 81.5 Å². The summed E-state index contributed by atoms with van der Waals surface area (Å²) in [4.78, 5) is 21.2. The molecule has 1 N–H and O–H groups in total. The molecule has 2 aliphatic heterocycles. The molecule has 0 amide bonds. The number of methoxy groups -OCH3 is 2. The van der Waals surface area contributed by atoms with E-state index in [4.69, 9.17) is 24.2 Å². The minimum Gasteiger partial charge on any atom is -0.495 e. The van der Waals surface area contributed by atoms with Gasteiger partial charge in [-0.15, -0.1) is 6.58 Å². The third-order valence-corrected chi connectivity index (χ3v) is 4.44. The molecule has 3 atom stereocenters. The highest BCUT2D eigenvalue weighted by Gasteiger charge is 2.33. The van der Waals surface area contributed by atoms with Crippen molar-refractivity contribution in [2.24, 2.45) is 9.98 Å². The summed E-state index contributed by atoms with van der Waals surface area (Å²) < 4.78 is 16.4. The molecule has 0 aromatic carbocycles. The van der Waals surface area contributed by atoms with E-state index in [0.29, 0.717) is 31.0 Å². The Kier molecular flexibility index (Phi) is 7.79. The van der Waals surface area contributed by atoms with Crippen LogP contribution >= 0.6 is 0 Å². The van der Waals surface area contributed by atoms with Gasteiger partial charge in [-0.25, -0.2) is 4.99 Å². The van der Waals surface area contributed by atoms with Gasteiger partial charge in [-0.2, -0.15) is 0 Å². The van der Waals surface area contributed by atoms with Crippen molar-refractivity contribution in [1.82, 2.24) is 5.32 Å². The summed E-state index contributed by atoms with van der Waals surface area (Å²) in [7, 11) is 3.00. The molecule has 0 radical (unpaired) electrons. The molecular formula is C20H29N3O4. The van der Waals surface area contributed by atoms with Crippen LogP contribution in [-0.4, -0.2) is 56.5 Å². The summed E-state index contributed by atoms with van der Waals surface area (Å²) in [5.41, 5.74) is 1.53. The first kappa shape index (κ1) is 20.9. The number of esters is 1. The summed E-state index contributed by atoms with van der Waals surface area (Å²) in [5, 5.41) is 3.12. The van der Waals surface area contributed by atoms with Crippen molar-refractivity contribution >= 4 is 17.6 Å². The van der Waals surface area contributed by atoms with Gasteiger partial charge in [0.2, 0.25) is 5.90 Å². The molecule has 27 heavy (non-hydrogen) atoms. The lowest BCUT2D eigenvalue weighted by Crippen LogP contribution is -2.31. The Morgan fingerprint density at radius 1 is 1.37 bits per heavy atom. The van der Waals surface area contributed by atoms with E-state index in [1.807, 2.05) is 32.1 Å².